The Bertz CT molecular complexity index is 974. The van der Waals surface area contributed by atoms with Gasteiger partial charge in [-0.3, -0.25) is 10.4 Å². The van der Waals surface area contributed by atoms with E-state index in [2.05, 4.69) is 36.4 Å². The second kappa shape index (κ2) is 9.11. The van der Waals surface area contributed by atoms with Crippen molar-refractivity contribution in [3.05, 3.63) is 66.0 Å². The van der Waals surface area contributed by atoms with Crippen LogP contribution in [0.4, 0.5) is 11.6 Å². The van der Waals surface area contributed by atoms with Crippen LogP contribution in [0.1, 0.15) is 11.1 Å². The van der Waals surface area contributed by atoms with Crippen LogP contribution in [0.3, 0.4) is 0 Å². The first kappa shape index (κ1) is 18.8. The highest BCUT2D eigenvalue weighted by Gasteiger charge is 2.16. The van der Waals surface area contributed by atoms with Gasteiger partial charge in [0.1, 0.15) is 11.6 Å². The highest BCUT2D eigenvalue weighted by atomic mass is 16.5. The first-order valence-corrected chi connectivity index (χ1v) is 9.42. The number of hydrogen-bond acceptors (Lipinski definition) is 8. The molecule has 3 heterocycles. The fourth-order valence-electron chi connectivity index (χ4n) is 2.91. The van der Waals surface area contributed by atoms with Crippen molar-refractivity contribution in [3.8, 4) is 11.8 Å². The van der Waals surface area contributed by atoms with Gasteiger partial charge >= 0.3 is 6.01 Å². The number of nitrogens with zero attached hydrogens (tertiary/aromatic N) is 5. The van der Waals surface area contributed by atoms with Gasteiger partial charge in [0.15, 0.2) is 5.82 Å². The summed E-state index contributed by atoms with van der Waals surface area (Å²) in [5.41, 5.74) is 5.17. The lowest BCUT2D eigenvalue weighted by atomic mass is 10.2. The number of pyridine rings is 1. The molecule has 0 atom stereocenters. The quantitative estimate of drug-likeness (QED) is 0.511. The van der Waals surface area contributed by atoms with E-state index in [9.17, 15) is 0 Å². The summed E-state index contributed by atoms with van der Waals surface area (Å²) in [5.74, 6) is 1.88. The SMILES string of the molecule is Cc1cccc(/C=N/Nc2cc(N3CCOCC3)nc(Oc3cccnc3)n2)c1. The molecule has 1 aromatic carbocycles. The lowest BCUT2D eigenvalue weighted by Gasteiger charge is -2.28. The molecule has 1 fully saturated rings. The first-order chi connectivity index (χ1) is 14.3. The van der Waals surface area contributed by atoms with E-state index in [1.807, 2.05) is 31.2 Å². The molecule has 0 radical (unpaired) electrons. The molecule has 0 amide bonds. The zero-order chi connectivity index (χ0) is 19.9. The number of aromatic nitrogens is 3. The van der Waals surface area contributed by atoms with Crippen molar-refractivity contribution in [3.63, 3.8) is 0 Å². The van der Waals surface area contributed by atoms with Crippen LogP contribution in [0.25, 0.3) is 0 Å². The molecule has 0 aliphatic carbocycles. The maximum absolute atomic E-state index is 5.80. The fourth-order valence-corrected chi connectivity index (χ4v) is 2.91. The summed E-state index contributed by atoms with van der Waals surface area (Å²) >= 11 is 0. The molecule has 0 unspecified atom stereocenters. The molecule has 1 saturated heterocycles. The average Bonchev–Trinajstić information content (AvgIpc) is 2.75. The Balaban J connectivity index is 1.56. The Morgan fingerprint density at radius 2 is 2.03 bits per heavy atom. The molecular weight excluding hydrogens is 368 g/mol. The predicted molar refractivity (Wildman–Crippen MR) is 112 cm³/mol. The summed E-state index contributed by atoms with van der Waals surface area (Å²) in [5, 5.41) is 4.31. The minimum Gasteiger partial charge on any atom is -0.423 e. The standard InChI is InChI=1S/C21H22N6O2/c1-16-4-2-5-17(12-16)14-23-26-19-13-20(27-8-10-28-11-9-27)25-21(24-19)29-18-6-3-7-22-15-18/h2-7,12-15H,8-11H2,1H3,(H,24,25,26)/b23-14+. The lowest BCUT2D eigenvalue weighted by Crippen LogP contribution is -2.36. The van der Waals surface area contributed by atoms with Gasteiger partial charge in [-0.05, 0) is 24.6 Å². The maximum Gasteiger partial charge on any atom is 0.326 e. The number of aryl methyl sites for hydroxylation is 1. The number of benzene rings is 1. The van der Waals surface area contributed by atoms with Crippen LogP contribution in [-0.4, -0.2) is 47.5 Å². The molecule has 1 aliphatic rings. The van der Waals surface area contributed by atoms with Gasteiger partial charge in [-0.2, -0.15) is 15.1 Å². The predicted octanol–water partition coefficient (Wildman–Crippen LogP) is 3.25. The van der Waals surface area contributed by atoms with Crippen LogP contribution in [0.2, 0.25) is 0 Å². The van der Waals surface area contributed by atoms with Crippen molar-refractivity contribution in [2.75, 3.05) is 36.6 Å². The number of hydrogen-bond donors (Lipinski definition) is 1. The highest BCUT2D eigenvalue weighted by Crippen LogP contribution is 2.23. The van der Waals surface area contributed by atoms with E-state index in [0.29, 0.717) is 24.8 Å². The van der Waals surface area contributed by atoms with Crippen LogP contribution in [0.5, 0.6) is 11.8 Å². The Morgan fingerprint density at radius 3 is 2.83 bits per heavy atom. The number of nitrogens with one attached hydrogen (secondary N) is 1. The molecule has 3 aromatic rings. The third-order valence-electron chi connectivity index (χ3n) is 4.31. The second-order valence-corrected chi connectivity index (χ2v) is 6.57. The van der Waals surface area contributed by atoms with Gasteiger partial charge in [-0.1, -0.05) is 29.8 Å². The topological polar surface area (TPSA) is 84.8 Å². The summed E-state index contributed by atoms with van der Waals surface area (Å²) in [6.07, 6.45) is 5.06. The molecular formula is C21H22N6O2. The molecule has 8 heteroatoms. The molecule has 0 saturated carbocycles. The largest absolute Gasteiger partial charge is 0.423 e. The minimum absolute atomic E-state index is 0.232. The van der Waals surface area contributed by atoms with Gasteiger partial charge in [0, 0.05) is 25.4 Å². The van der Waals surface area contributed by atoms with E-state index in [1.54, 1.807) is 30.7 Å². The van der Waals surface area contributed by atoms with Gasteiger partial charge in [0.2, 0.25) is 0 Å². The van der Waals surface area contributed by atoms with Crippen LogP contribution in [0.15, 0.2) is 60.0 Å². The third-order valence-corrected chi connectivity index (χ3v) is 4.31. The van der Waals surface area contributed by atoms with E-state index in [0.717, 1.165) is 24.5 Å². The van der Waals surface area contributed by atoms with E-state index < -0.39 is 0 Å². The summed E-state index contributed by atoms with van der Waals surface area (Å²) in [6, 6.07) is 13.8. The second-order valence-electron chi connectivity index (χ2n) is 6.57. The lowest BCUT2D eigenvalue weighted by molar-refractivity contribution is 0.122. The summed E-state index contributed by atoms with van der Waals surface area (Å²) in [4.78, 5) is 15.2. The number of morpholine rings is 1. The van der Waals surface area contributed by atoms with Gasteiger partial charge in [-0.15, -0.1) is 0 Å². The smallest absolute Gasteiger partial charge is 0.326 e. The monoisotopic (exact) mass is 390 g/mol. The highest BCUT2D eigenvalue weighted by molar-refractivity contribution is 5.80. The maximum atomic E-state index is 5.80. The normalized spacial score (nSPS) is 14.2. The number of ether oxygens (including phenoxy) is 2. The number of rotatable bonds is 6. The molecule has 4 rings (SSSR count). The molecule has 1 aliphatic heterocycles. The van der Waals surface area contributed by atoms with Gasteiger partial charge in [0.25, 0.3) is 0 Å². The van der Waals surface area contributed by atoms with Crippen LogP contribution in [0, 0.1) is 6.92 Å². The Morgan fingerprint density at radius 1 is 1.14 bits per heavy atom. The molecule has 148 valence electrons. The first-order valence-electron chi connectivity index (χ1n) is 9.42. The Kier molecular flexibility index (Phi) is 5.92. The molecule has 8 nitrogen and oxygen atoms in total. The average molecular weight is 390 g/mol. The summed E-state index contributed by atoms with van der Waals surface area (Å²) in [7, 11) is 0. The van der Waals surface area contributed by atoms with Crippen molar-refractivity contribution >= 4 is 17.9 Å². The Labute approximate surface area is 169 Å². The van der Waals surface area contributed by atoms with E-state index >= 15 is 0 Å². The molecule has 0 spiro atoms. The molecule has 29 heavy (non-hydrogen) atoms. The zero-order valence-corrected chi connectivity index (χ0v) is 16.2. The zero-order valence-electron chi connectivity index (χ0n) is 16.2. The molecule has 2 aromatic heterocycles. The van der Waals surface area contributed by atoms with Gasteiger partial charge in [0.05, 0.1) is 25.6 Å². The van der Waals surface area contributed by atoms with E-state index in [4.69, 9.17) is 9.47 Å². The van der Waals surface area contributed by atoms with Crippen molar-refractivity contribution in [1.29, 1.82) is 0 Å². The van der Waals surface area contributed by atoms with E-state index in [-0.39, 0.29) is 6.01 Å². The molecule has 0 bridgehead atoms. The molecule has 1 N–H and O–H groups in total. The van der Waals surface area contributed by atoms with Gasteiger partial charge < -0.3 is 14.4 Å². The summed E-state index contributed by atoms with van der Waals surface area (Å²) < 4.78 is 11.2. The number of anilines is 2. The van der Waals surface area contributed by atoms with Crippen LogP contribution in [-0.2, 0) is 4.74 Å². The van der Waals surface area contributed by atoms with Crippen molar-refractivity contribution in [2.45, 2.75) is 6.92 Å². The van der Waals surface area contributed by atoms with Crippen LogP contribution < -0.4 is 15.1 Å². The minimum atomic E-state index is 0.232. The van der Waals surface area contributed by atoms with Gasteiger partial charge in [-0.25, -0.2) is 0 Å². The van der Waals surface area contributed by atoms with Crippen molar-refractivity contribution < 1.29 is 9.47 Å². The third kappa shape index (κ3) is 5.26. The van der Waals surface area contributed by atoms with Crippen molar-refractivity contribution in [1.82, 2.24) is 15.0 Å². The number of hydrazone groups is 1. The summed E-state index contributed by atoms with van der Waals surface area (Å²) in [6.45, 7) is 4.89. The van der Waals surface area contributed by atoms with Crippen LogP contribution >= 0.6 is 0 Å². The Hall–Kier alpha value is -3.52. The van der Waals surface area contributed by atoms with E-state index in [1.165, 1.54) is 5.56 Å². The fraction of sp³-hybridized carbons (Fsp3) is 0.238. The van der Waals surface area contributed by atoms with Crippen molar-refractivity contribution in [2.24, 2.45) is 5.10 Å².